The SMILES string of the molecule is O=C(O)C1CN(C(=O)c2cccs2)CCO1. The smallest absolute Gasteiger partial charge is 0.334 e. The highest BCUT2D eigenvalue weighted by molar-refractivity contribution is 7.12. The Balaban J connectivity index is 2.05. The fourth-order valence-electron chi connectivity index (χ4n) is 1.54. The average Bonchev–Trinajstić information content (AvgIpc) is 2.81. The van der Waals surface area contributed by atoms with Crippen LogP contribution in [0.5, 0.6) is 0 Å². The summed E-state index contributed by atoms with van der Waals surface area (Å²) in [5, 5.41) is 10.6. The van der Waals surface area contributed by atoms with Crippen LogP contribution in [-0.2, 0) is 9.53 Å². The molecule has 1 N–H and O–H groups in total. The summed E-state index contributed by atoms with van der Waals surface area (Å²) in [6.45, 7) is 0.834. The molecule has 5 nitrogen and oxygen atoms in total. The van der Waals surface area contributed by atoms with E-state index in [1.165, 1.54) is 16.2 Å². The van der Waals surface area contributed by atoms with Crippen LogP contribution in [0.4, 0.5) is 0 Å². The first-order valence-electron chi connectivity index (χ1n) is 4.85. The van der Waals surface area contributed by atoms with Crippen molar-refractivity contribution in [2.24, 2.45) is 0 Å². The van der Waals surface area contributed by atoms with Crippen LogP contribution in [0.3, 0.4) is 0 Å². The molecule has 1 saturated heterocycles. The van der Waals surface area contributed by atoms with Crippen LogP contribution in [-0.4, -0.2) is 47.7 Å². The lowest BCUT2D eigenvalue weighted by Gasteiger charge is -2.30. The summed E-state index contributed by atoms with van der Waals surface area (Å²) in [4.78, 5) is 24.8. The van der Waals surface area contributed by atoms with Gasteiger partial charge in [-0.25, -0.2) is 4.79 Å². The maximum atomic E-state index is 11.9. The molecule has 0 spiro atoms. The lowest BCUT2D eigenvalue weighted by atomic mass is 10.2. The van der Waals surface area contributed by atoms with E-state index in [1.54, 1.807) is 12.1 Å². The number of nitrogens with zero attached hydrogens (tertiary/aromatic N) is 1. The Morgan fingerprint density at radius 2 is 2.38 bits per heavy atom. The molecule has 2 rings (SSSR count). The maximum absolute atomic E-state index is 11.9. The molecule has 6 heteroatoms. The lowest BCUT2D eigenvalue weighted by Crippen LogP contribution is -2.48. The minimum Gasteiger partial charge on any atom is -0.479 e. The Hall–Kier alpha value is -1.40. The first-order valence-corrected chi connectivity index (χ1v) is 5.73. The average molecular weight is 241 g/mol. The van der Waals surface area contributed by atoms with Crippen LogP contribution < -0.4 is 0 Å². The Kier molecular flexibility index (Phi) is 3.21. The molecule has 16 heavy (non-hydrogen) atoms. The van der Waals surface area contributed by atoms with Gasteiger partial charge in [-0.15, -0.1) is 11.3 Å². The van der Waals surface area contributed by atoms with Crippen molar-refractivity contribution >= 4 is 23.2 Å². The predicted molar refractivity (Wildman–Crippen MR) is 57.6 cm³/mol. The number of ether oxygens (including phenoxy) is 1. The van der Waals surface area contributed by atoms with E-state index in [-0.39, 0.29) is 19.1 Å². The van der Waals surface area contributed by atoms with E-state index >= 15 is 0 Å². The third-order valence-electron chi connectivity index (χ3n) is 2.36. The van der Waals surface area contributed by atoms with Crippen molar-refractivity contribution in [2.75, 3.05) is 19.7 Å². The number of carboxylic acid groups (broad SMARTS) is 1. The standard InChI is InChI=1S/C10H11NO4S/c12-9(8-2-1-5-16-8)11-3-4-15-7(6-11)10(13)14/h1-2,5,7H,3-4,6H2,(H,13,14). The number of amides is 1. The van der Waals surface area contributed by atoms with E-state index in [2.05, 4.69) is 0 Å². The van der Waals surface area contributed by atoms with Crippen molar-refractivity contribution in [1.29, 1.82) is 0 Å². The Bertz CT molecular complexity index is 390. The largest absolute Gasteiger partial charge is 0.479 e. The maximum Gasteiger partial charge on any atom is 0.334 e. The second kappa shape index (κ2) is 4.63. The van der Waals surface area contributed by atoms with Crippen LogP contribution in [0, 0.1) is 0 Å². The van der Waals surface area contributed by atoms with Gasteiger partial charge in [0.25, 0.3) is 5.91 Å². The molecule has 2 heterocycles. The molecule has 1 aliphatic rings. The number of carbonyl (C=O) groups excluding carboxylic acids is 1. The monoisotopic (exact) mass is 241 g/mol. The summed E-state index contributed by atoms with van der Waals surface area (Å²) in [5.41, 5.74) is 0. The van der Waals surface area contributed by atoms with E-state index < -0.39 is 12.1 Å². The summed E-state index contributed by atoms with van der Waals surface area (Å²) >= 11 is 1.35. The molecule has 1 aliphatic heterocycles. The van der Waals surface area contributed by atoms with Crippen LogP contribution in [0.1, 0.15) is 9.67 Å². The summed E-state index contributed by atoms with van der Waals surface area (Å²) in [6, 6.07) is 3.53. The zero-order valence-corrected chi connectivity index (χ0v) is 9.27. The number of thiophene rings is 1. The number of carbonyl (C=O) groups is 2. The molecule has 1 aromatic rings. The normalized spacial score (nSPS) is 20.8. The van der Waals surface area contributed by atoms with Crippen LogP contribution >= 0.6 is 11.3 Å². The second-order valence-corrected chi connectivity index (χ2v) is 4.37. The highest BCUT2D eigenvalue weighted by atomic mass is 32.1. The summed E-state index contributed by atoms with van der Waals surface area (Å²) in [6.07, 6.45) is -0.905. The topological polar surface area (TPSA) is 66.8 Å². The lowest BCUT2D eigenvalue weighted by molar-refractivity contribution is -0.154. The molecule has 1 aromatic heterocycles. The highest BCUT2D eigenvalue weighted by Crippen LogP contribution is 2.14. The van der Waals surface area contributed by atoms with Gasteiger partial charge in [0, 0.05) is 6.54 Å². The van der Waals surface area contributed by atoms with E-state index in [0.29, 0.717) is 11.4 Å². The Labute approximate surface area is 96.2 Å². The molecular formula is C10H11NO4S. The van der Waals surface area contributed by atoms with Gasteiger partial charge in [0.15, 0.2) is 6.10 Å². The van der Waals surface area contributed by atoms with Crippen LogP contribution in [0.2, 0.25) is 0 Å². The predicted octanol–water partition coefficient (Wildman–Crippen LogP) is 0.674. The third kappa shape index (κ3) is 2.23. The highest BCUT2D eigenvalue weighted by Gasteiger charge is 2.29. The first-order chi connectivity index (χ1) is 7.68. The molecule has 0 bridgehead atoms. The number of hydrogen-bond donors (Lipinski definition) is 1. The van der Waals surface area contributed by atoms with E-state index in [0.717, 1.165) is 0 Å². The van der Waals surface area contributed by atoms with Crippen molar-refractivity contribution in [3.8, 4) is 0 Å². The van der Waals surface area contributed by atoms with Crippen molar-refractivity contribution in [1.82, 2.24) is 4.90 Å². The van der Waals surface area contributed by atoms with E-state index in [4.69, 9.17) is 9.84 Å². The summed E-state index contributed by atoms with van der Waals surface area (Å²) < 4.78 is 5.05. The Morgan fingerprint density at radius 3 is 3.00 bits per heavy atom. The number of rotatable bonds is 2. The third-order valence-corrected chi connectivity index (χ3v) is 3.22. The fourth-order valence-corrected chi connectivity index (χ4v) is 2.23. The summed E-state index contributed by atoms with van der Waals surface area (Å²) in [5.74, 6) is -1.15. The van der Waals surface area contributed by atoms with Crippen LogP contribution in [0.15, 0.2) is 17.5 Å². The van der Waals surface area contributed by atoms with Crippen molar-refractivity contribution in [3.63, 3.8) is 0 Å². The second-order valence-electron chi connectivity index (χ2n) is 3.43. The summed E-state index contributed by atoms with van der Waals surface area (Å²) in [7, 11) is 0. The molecule has 0 saturated carbocycles. The molecule has 1 amide bonds. The van der Waals surface area contributed by atoms with Crippen molar-refractivity contribution in [3.05, 3.63) is 22.4 Å². The first kappa shape index (κ1) is 11.1. The quantitative estimate of drug-likeness (QED) is 0.826. The Morgan fingerprint density at radius 1 is 1.56 bits per heavy atom. The van der Waals surface area contributed by atoms with Gasteiger partial charge in [-0.1, -0.05) is 6.07 Å². The van der Waals surface area contributed by atoms with Crippen molar-refractivity contribution < 1.29 is 19.4 Å². The molecule has 1 atom stereocenters. The van der Waals surface area contributed by atoms with E-state index in [9.17, 15) is 9.59 Å². The minimum atomic E-state index is -1.02. The molecular weight excluding hydrogens is 230 g/mol. The van der Waals surface area contributed by atoms with Gasteiger partial charge in [0.1, 0.15) is 0 Å². The van der Waals surface area contributed by atoms with Gasteiger partial charge >= 0.3 is 5.97 Å². The number of carboxylic acids is 1. The number of morpholine rings is 1. The van der Waals surface area contributed by atoms with Gasteiger partial charge in [-0.2, -0.15) is 0 Å². The minimum absolute atomic E-state index is 0.117. The molecule has 0 radical (unpaired) electrons. The fraction of sp³-hybridized carbons (Fsp3) is 0.400. The number of aliphatic carboxylic acids is 1. The molecule has 0 aliphatic carbocycles. The van der Waals surface area contributed by atoms with Crippen molar-refractivity contribution in [2.45, 2.75) is 6.10 Å². The van der Waals surface area contributed by atoms with Crippen LogP contribution in [0.25, 0.3) is 0 Å². The van der Waals surface area contributed by atoms with Gasteiger partial charge in [0.2, 0.25) is 0 Å². The van der Waals surface area contributed by atoms with Gasteiger partial charge in [-0.05, 0) is 11.4 Å². The molecule has 86 valence electrons. The van der Waals surface area contributed by atoms with E-state index in [1.807, 2.05) is 5.38 Å². The van der Waals surface area contributed by atoms with Gasteiger partial charge in [0.05, 0.1) is 18.0 Å². The zero-order valence-electron chi connectivity index (χ0n) is 8.46. The number of hydrogen-bond acceptors (Lipinski definition) is 4. The zero-order chi connectivity index (χ0) is 11.5. The molecule has 1 unspecified atom stereocenters. The molecule has 0 aromatic carbocycles. The van der Waals surface area contributed by atoms with Gasteiger partial charge in [-0.3, -0.25) is 4.79 Å². The molecule has 1 fully saturated rings. The van der Waals surface area contributed by atoms with Gasteiger partial charge < -0.3 is 14.7 Å².